The summed E-state index contributed by atoms with van der Waals surface area (Å²) in [4.78, 5) is 35.1. The van der Waals surface area contributed by atoms with Crippen LogP contribution in [0.1, 0.15) is 37.0 Å². The Morgan fingerprint density at radius 3 is 2.25 bits per heavy atom. The number of carbonyl (C=O) groups excluding carboxylic acids is 3. The zero-order valence-electron chi connectivity index (χ0n) is 13.5. The van der Waals surface area contributed by atoms with E-state index in [0.29, 0.717) is 11.3 Å². The molecule has 0 aliphatic heterocycles. The molecule has 0 atom stereocenters. The third-order valence-corrected chi connectivity index (χ3v) is 3.62. The average Bonchev–Trinajstić information content (AvgIpc) is 3.38. The van der Waals surface area contributed by atoms with E-state index in [1.807, 2.05) is 0 Å². The molecule has 1 fully saturated rings. The monoisotopic (exact) mass is 348 g/mol. The molecule has 0 heterocycles. The van der Waals surface area contributed by atoms with Gasteiger partial charge in [0.15, 0.2) is 5.11 Å². The molecule has 2 rings (SSSR count). The highest BCUT2D eigenvalue weighted by atomic mass is 32.1. The minimum Gasteiger partial charge on any atom is -0.326 e. The fourth-order valence-electron chi connectivity index (χ4n) is 1.77. The summed E-state index contributed by atoms with van der Waals surface area (Å²) >= 11 is 4.93. The largest absolute Gasteiger partial charge is 0.326 e. The van der Waals surface area contributed by atoms with Crippen LogP contribution in [0.3, 0.4) is 0 Å². The summed E-state index contributed by atoms with van der Waals surface area (Å²) < 4.78 is 0. The highest BCUT2D eigenvalue weighted by Gasteiger charge is 2.30. The molecule has 128 valence electrons. The van der Waals surface area contributed by atoms with Crippen LogP contribution < -0.4 is 21.5 Å². The van der Waals surface area contributed by atoms with Crippen molar-refractivity contribution in [3.63, 3.8) is 0 Å². The van der Waals surface area contributed by atoms with Crippen molar-refractivity contribution in [3.8, 4) is 0 Å². The minimum absolute atomic E-state index is 0.0362. The molecule has 1 saturated carbocycles. The first-order chi connectivity index (χ1) is 11.4. The standard InChI is InChI=1S/C16H20N4O3S/c1-9(2)13(21)17-12-7-5-11(6-8-12)15(23)19-20-16(24)18-14(22)10-3-4-10/h5-10H,3-4H2,1-2H3,(H,17,21)(H,19,23)(H2,18,20,22,24). The van der Waals surface area contributed by atoms with Gasteiger partial charge in [0.25, 0.3) is 5.91 Å². The lowest BCUT2D eigenvalue weighted by Crippen LogP contribution is -2.48. The molecule has 0 saturated heterocycles. The first kappa shape index (κ1) is 17.9. The molecule has 0 spiro atoms. The van der Waals surface area contributed by atoms with Crippen LogP contribution in [-0.2, 0) is 9.59 Å². The maximum Gasteiger partial charge on any atom is 0.269 e. The lowest BCUT2D eigenvalue weighted by atomic mass is 10.1. The Morgan fingerprint density at radius 1 is 1.08 bits per heavy atom. The van der Waals surface area contributed by atoms with Gasteiger partial charge in [0.05, 0.1) is 0 Å². The van der Waals surface area contributed by atoms with Gasteiger partial charge >= 0.3 is 0 Å². The van der Waals surface area contributed by atoms with E-state index in [0.717, 1.165) is 12.8 Å². The molecule has 1 aromatic carbocycles. The summed E-state index contributed by atoms with van der Waals surface area (Å²) in [6.45, 7) is 3.60. The van der Waals surface area contributed by atoms with Crippen LogP contribution in [0.25, 0.3) is 0 Å². The smallest absolute Gasteiger partial charge is 0.269 e. The molecule has 4 N–H and O–H groups in total. The van der Waals surface area contributed by atoms with Gasteiger partial charge in [-0.05, 0) is 49.3 Å². The van der Waals surface area contributed by atoms with Crippen LogP contribution in [0.2, 0.25) is 0 Å². The third kappa shape index (κ3) is 5.31. The lowest BCUT2D eigenvalue weighted by molar-refractivity contribution is -0.121. The highest BCUT2D eigenvalue weighted by molar-refractivity contribution is 7.80. The van der Waals surface area contributed by atoms with Gasteiger partial charge in [0, 0.05) is 23.1 Å². The number of carbonyl (C=O) groups is 3. The molecule has 1 aliphatic carbocycles. The Morgan fingerprint density at radius 2 is 1.71 bits per heavy atom. The van der Waals surface area contributed by atoms with Crippen LogP contribution >= 0.6 is 12.2 Å². The van der Waals surface area contributed by atoms with Crippen molar-refractivity contribution < 1.29 is 14.4 Å². The van der Waals surface area contributed by atoms with E-state index in [9.17, 15) is 14.4 Å². The fourth-order valence-corrected chi connectivity index (χ4v) is 1.92. The second-order valence-electron chi connectivity index (χ2n) is 5.89. The van der Waals surface area contributed by atoms with Crippen LogP contribution in [-0.4, -0.2) is 22.8 Å². The Labute approximate surface area is 145 Å². The number of rotatable bonds is 4. The Kier molecular flexibility index (Phi) is 5.86. The Bertz CT molecular complexity index is 654. The summed E-state index contributed by atoms with van der Waals surface area (Å²) in [6.07, 6.45) is 1.75. The van der Waals surface area contributed by atoms with E-state index in [4.69, 9.17) is 12.2 Å². The van der Waals surface area contributed by atoms with Gasteiger partial charge in [-0.15, -0.1) is 0 Å². The maximum absolute atomic E-state index is 12.0. The van der Waals surface area contributed by atoms with E-state index < -0.39 is 5.91 Å². The van der Waals surface area contributed by atoms with Gasteiger partial charge < -0.3 is 10.6 Å². The van der Waals surface area contributed by atoms with Crippen molar-refractivity contribution in [2.45, 2.75) is 26.7 Å². The summed E-state index contributed by atoms with van der Waals surface area (Å²) in [6, 6.07) is 6.45. The Balaban J connectivity index is 1.80. The van der Waals surface area contributed by atoms with Gasteiger partial charge in [-0.1, -0.05) is 13.8 Å². The van der Waals surface area contributed by atoms with Gasteiger partial charge in [-0.25, -0.2) is 0 Å². The normalized spacial score (nSPS) is 13.1. The molecule has 24 heavy (non-hydrogen) atoms. The molecule has 0 aromatic heterocycles. The van der Waals surface area contributed by atoms with Crippen molar-refractivity contribution in [3.05, 3.63) is 29.8 Å². The number of thiocarbonyl (C=S) groups is 1. The third-order valence-electron chi connectivity index (χ3n) is 3.41. The predicted octanol–water partition coefficient (Wildman–Crippen LogP) is 1.33. The zero-order valence-corrected chi connectivity index (χ0v) is 14.3. The minimum atomic E-state index is -0.403. The van der Waals surface area contributed by atoms with Crippen LogP contribution in [0.15, 0.2) is 24.3 Å². The van der Waals surface area contributed by atoms with E-state index >= 15 is 0 Å². The first-order valence-corrected chi connectivity index (χ1v) is 8.09. The summed E-state index contributed by atoms with van der Waals surface area (Å²) in [5, 5.41) is 5.31. The van der Waals surface area contributed by atoms with E-state index in [1.54, 1.807) is 38.1 Å². The lowest BCUT2D eigenvalue weighted by Gasteiger charge is -2.11. The van der Waals surface area contributed by atoms with E-state index in [-0.39, 0.29) is 28.8 Å². The number of hydrogen-bond donors (Lipinski definition) is 4. The number of anilines is 1. The molecular weight excluding hydrogens is 328 g/mol. The fraction of sp³-hybridized carbons (Fsp3) is 0.375. The molecule has 1 aromatic rings. The highest BCUT2D eigenvalue weighted by Crippen LogP contribution is 2.28. The summed E-state index contributed by atoms with van der Waals surface area (Å²) in [5.74, 6) is -0.713. The quantitative estimate of drug-likeness (QED) is 0.486. The molecule has 0 unspecified atom stereocenters. The Hall–Kier alpha value is -2.48. The molecule has 0 bridgehead atoms. The van der Waals surface area contributed by atoms with Gasteiger partial charge in [0.1, 0.15) is 0 Å². The number of amides is 3. The first-order valence-electron chi connectivity index (χ1n) is 7.69. The number of nitrogens with one attached hydrogen (secondary N) is 4. The second-order valence-corrected chi connectivity index (χ2v) is 6.30. The number of hydrazine groups is 1. The van der Waals surface area contributed by atoms with E-state index in [2.05, 4.69) is 21.5 Å². The number of hydrogen-bond acceptors (Lipinski definition) is 4. The maximum atomic E-state index is 12.0. The van der Waals surface area contributed by atoms with Crippen LogP contribution in [0.5, 0.6) is 0 Å². The van der Waals surface area contributed by atoms with Gasteiger partial charge in [0.2, 0.25) is 11.8 Å². The molecular formula is C16H20N4O3S. The number of benzene rings is 1. The van der Waals surface area contributed by atoms with Gasteiger partial charge in [-0.2, -0.15) is 0 Å². The van der Waals surface area contributed by atoms with Crippen LogP contribution in [0, 0.1) is 11.8 Å². The van der Waals surface area contributed by atoms with Crippen molar-refractivity contribution in [1.29, 1.82) is 0 Å². The van der Waals surface area contributed by atoms with Crippen molar-refractivity contribution >= 4 is 40.7 Å². The molecule has 8 heteroatoms. The predicted molar refractivity (Wildman–Crippen MR) is 94.0 cm³/mol. The second kappa shape index (κ2) is 7.87. The molecule has 0 radical (unpaired) electrons. The molecule has 1 aliphatic rings. The van der Waals surface area contributed by atoms with Crippen molar-refractivity contribution in [2.75, 3.05) is 5.32 Å². The molecule has 7 nitrogen and oxygen atoms in total. The SMILES string of the molecule is CC(C)C(=O)Nc1ccc(C(=O)NNC(=S)NC(=O)C2CC2)cc1. The van der Waals surface area contributed by atoms with E-state index in [1.165, 1.54) is 0 Å². The average molecular weight is 348 g/mol. The summed E-state index contributed by atoms with van der Waals surface area (Å²) in [5.41, 5.74) is 5.90. The van der Waals surface area contributed by atoms with Crippen molar-refractivity contribution in [1.82, 2.24) is 16.2 Å². The molecule has 3 amide bonds. The van der Waals surface area contributed by atoms with Crippen molar-refractivity contribution in [2.24, 2.45) is 11.8 Å². The van der Waals surface area contributed by atoms with Gasteiger partial charge in [-0.3, -0.25) is 25.2 Å². The topological polar surface area (TPSA) is 99.3 Å². The zero-order chi connectivity index (χ0) is 17.7. The van der Waals surface area contributed by atoms with Crippen LogP contribution in [0.4, 0.5) is 5.69 Å². The summed E-state index contributed by atoms with van der Waals surface area (Å²) in [7, 11) is 0.